The van der Waals surface area contributed by atoms with Crippen LogP contribution in [0.25, 0.3) is 22.4 Å². The van der Waals surface area contributed by atoms with Crippen LogP contribution in [0.4, 0.5) is 0 Å². The quantitative estimate of drug-likeness (QED) is 0.483. The molecule has 25 heavy (non-hydrogen) atoms. The molecule has 0 spiro atoms. The van der Waals surface area contributed by atoms with Crippen LogP contribution in [0.1, 0.15) is 16.1 Å². The second-order valence-corrected chi connectivity index (χ2v) is 6.60. The maximum absolute atomic E-state index is 5.96. The molecule has 0 saturated carbocycles. The van der Waals surface area contributed by atoms with E-state index in [2.05, 4.69) is 22.1 Å². The largest absolute Gasteiger partial charge is 0.488 e. The predicted octanol–water partition coefficient (Wildman–Crippen LogP) is 5.44. The Morgan fingerprint density at radius 3 is 2.68 bits per heavy atom. The van der Waals surface area contributed by atoms with Gasteiger partial charge in [0.15, 0.2) is 0 Å². The molecule has 0 aliphatic carbocycles. The summed E-state index contributed by atoms with van der Waals surface area (Å²) >= 11 is 1.69. The highest BCUT2D eigenvalue weighted by atomic mass is 32.1. The van der Waals surface area contributed by atoms with E-state index < -0.39 is 0 Å². The first-order chi connectivity index (χ1) is 12.4. The van der Waals surface area contributed by atoms with E-state index in [9.17, 15) is 0 Å². The van der Waals surface area contributed by atoms with E-state index in [1.54, 1.807) is 17.5 Å². The van der Waals surface area contributed by atoms with Crippen LogP contribution in [0.2, 0.25) is 0 Å². The predicted molar refractivity (Wildman–Crippen MR) is 104 cm³/mol. The molecule has 4 rings (SSSR count). The Morgan fingerprint density at radius 2 is 1.80 bits per heavy atom. The lowest BCUT2D eigenvalue weighted by molar-refractivity contribution is 0.305. The number of rotatable bonds is 5. The first kappa shape index (κ1) is 15.5. The Morgan fingerprint density at radius 1 is 0.920 bits per heavy atom. The van der Waals surface area contributed by atoms with E-state index in [-0.39, 0.29) is 0 Å². The molecule has 4 aromatic rings. The summed E-state index contributed by atoms with van der Waals surface area (Å²) < 4.78 is 7.16. The van der Waals surface area contributed by atoms with Crippen molar-refractivity contribution in [3.8, 4) is 5.75 Å². The molecule has 122 valence electrons. The van der Waals surface area contributed by atoms with Gasteiger partial charge in [-0.1, -0.05) is 36.4 Å². The second-order valence-electron chi connectivity index (χ2n) is 5.54. The molecule has 0 N–H and O–H groups in total. The Balaban J connectivity index is 1.54. The zero-order valence-corrected chi connectivity index (χ0v) is 14.3. The average Bonchev–Trinajstić information content (AvgIpc) is 3.09. The molecular formula is C21H16N2OS. The zero-order chi connectivity index (χ0) is 16.9. The van der Waals surface area contributed by atoms with Gasteiger partial charge >= 0.3 is 0 Å². The van der Waals surface area contributed by atoms with Crippen LogP contribution in [0.5, 0.6) is 5.75 Å². The minimum atomic E-state index is 0.500. The van der Waals surface area contributed by atoms with E-state index in [1.165, 1.54) is 4.70 Å². The lowest BCUT2D eigenvalue weighted by Crippen LogP contribution is -1.97. The monoisotopic (exact) mass is 344 g/mol. The maximum atomic E-state index is 5.96. The van der Waals surface area contributed by atoms with Crippen LogP contribution in [-0.4, -0.2) is 9.97 Å². The number of ether oxygens (including phenoxy) is 1. The van der Waals surface area contributed by atoms with Crippen molar-refractivity contribution >= 4 is 33.7 Å². The summed E-state index contributed by atoms with van der Waals surface area (Å²) in [7, 11) is 0. The van der Waals surface area contributed by atoms with Gasteiger partial charge in [-0.15, -0.1) is 11.3 Å². The molecule has 0 unspecified atom stereocenters. The van der Waals surface area contributed by atoms with Crippen molar-refractivity contribution in [2.75, 3.05) is 0 Å². The van der Waals surface area contributed by atoms with Crippen LogP contribution in [0.15, 0.2) is 73.1 Å². The van der Waals surface area contributed by atoms with Gasteiger partial charge in [-0.2, -0.15) is 0 Å². The molecule has 0 bridgehead atoms. The van der Waals surface area contributed by atoms with Gasteiger partial charge in [0, 0.05) is 23.5 Å². The number of pyridine rings is 1. The number of para-hydroxylation sites is 2. The fourth-order valence-corrected chi connectivity index (χ4v) is 3.39. The Bertz CT molecular complexity index is 976. The van der Waals surface area contributed by atoms with Crippen molar-refractivity contribution in [3.05, 3.63) is 89.2 Å². The van der Waals surface area contributed by atoms with E-state index in [1.807, 2.05) is 66.9 Å². The van der Waals surface area contributed by atoms with E-state index in [4.69, 9.17) is 4.74 Å². The number of aromatic nitrogens is 2. The molecule has 2 aromatic heterocycles. The van der Waals surface area contributed by atoms with E-state index in [0.717, 1.165) is 27.4 Å². The summed E-state index contributed by atoms with van der Waals surface area (Å²) in [5.41, 5.74) is 3.12. The summed E-state index contributed by atoms with van der Waals surface area (Å²) in [5, 5.41) is 0.989. The van der Waals surface area contributed by atoms with Crippen molar-refractivity contribution in [1.82, 2.24) is 9.97 Å². The number of benzene rings is 2. The Labute approximate surface area is 150 Å². The first-order valence-electron chi connectivity index (χ1n) is 8.03. The number of hydrogen-bond donors (Lipinski definition) is 0. The number of thiazole rings is 1. The summed E-state index contributed by atoms with van der Waals surface area (Å²) in [6, 6.07) is 20.1. The summed E-state index contributed by atoms with van der Waals surface area (Å²) in [4.78, 5) is 8.75. The van der Waals surface area contributed by atoms with Crippen molar-refractivity contribution in [2.45, 2.75) is 6.61 Å². The average molecular weight is 344 g/mol. The normalized spacial score (nSPS) is 11.2. The topological polar surface area (TPSA) is 35.0 Å². The number of fused-ring (bicyclic) bond motifs is 1. The lowest BCUT2D eigenvalue weighted by atomic mass is 10.2. The fourth-order valence-electron chi connectivity index (χ4n) is 2.52. The van der Waals surface area contributed by atoms with Crippen LogP contribution in [-0.2, 0) is 6.61 Å². The zero-order valence-electron chi connectivity index (χ0n) is 13.5. The first-order valence-corrected chi connectivity index (χ1v) is 8.84. The van der Waals surface area contributed by atoms with Gasteiger partial charge in [0.2, 0.25) is 0 Å². The summed E-state index contributed by atoms with van der Waals surface area (Å²) in [5.74, 6) is 0.851. The molecule has 2 aromatic carbocycles. The molecule has 2 heterocycles. The highest BCUT2D eigenvalue weighted by Gasteiger charge is 2.03. The van der Waals surface area contributed by atoms with Gasteiger partial charge in [0.25, 0.3) is 0 Å². The summed E-state index contributed by atoms with van der Waals surface area (Å²) in [6.07, 6.45) is 7.67. The minimum Gasteiger partial charge on any atom is -0.488 e. The molecule has 0 aliphatic rings. The third-order valence-corrected chi connectivity index (χ3v) is 4.75. The third-order valence-electron chi connectivity index (χ3n) is 3.75. The number of nitrogens with zero attached hydrogens (tertiary/aromatic N) is 2. The van der Waals surface area contributed by atoms with Gasteiger partial charge in [-0.05, 0) is 36.4 Å². The minimum absolute atomic E-state index is 0.500. The van der Waals surface area contributed by atoms with E-state index >= 15 is 0 Å². The third kappa shape index (κ3) is 3.75. The summed E-state index contributed by atoms with van der Waals surface area (Å²) in [6.45, 7) is 0.500. The fraction of sp³-hybridized carbons (Fsp3) is 0.0476. The van der Waals surface area contributed by atoms with Gasteiger partial charge in [-0.25, -0.2) is 4.98 Å². The van der Waals surface area contributed by atoms with Crippen molar-refractivity contribution in [2.24, 2.45) is 0 Å². The van der Waals surface area contributed by atoms with Crippen molar-refractivity contribution < 1.29 is 4.74 Å². The van der Waals surface area contributed by atoms with Crippen molar-refractivity contribution in [1.29, 1.82) is 0 Å². The molecule has 0 saturated heterocycles. The standard InChI is InChI=1S/C21H16N2OS/c1-3-9-19(24-15-16-6-5-13-22-14-16)17(7-1)11-12-21-23-18-8-2-4-10-20(18)25-21/h1-14H,15H2/b12-11+. The molecule has 0 radical (unpaired) electrons. The Kier molecular flexibility index (Phi) is 4.53. The van der Waals surface area contributed by atoms with Gasteiger partial charge in [0.05, 0.1) is 10.2 Å². The van der Waals surface area contributed by atoms with E-state index in [0.29, 0.717) is 6.61 Å². The Hall–Kier alpha value is -2.98. The van der Waals surface area contributed by atoms with Crippen LogP contribution < -0.4 is 4.74 Å². The second kappa shape index (κ2) is 7.28. The molecule has 0 amide bonds. The van der Waals surface area contributed by atoms with Crippen LogP contribution in [0, 0.1) is 0 Å². The van der Waals surface area contributed by atoms with Crippen LogP contribution >= 0.6 is 11.3 Å². The molecule has 4 heteroatoms. The van der Waals surface area contributed by atoms with Crippen molar-refractivity contribution in [3.63, 3.8) is 0 Å². The highest BCUT2D eigenvalue weighted by molar-refractivity contribution is 7.19. The van der Waals surface area contributed by atoms with Gasteiger partial charge in [0.1, 0.15) is 17.4 Å². The smallest absolute Gasteiger partial charge is 0.127 e. The molecule has 0 fully saturated rings. The highest BCUT2D eigenvalue weighted by Crippen LogP contribution is 2.25. The number of hydrogen-bond acceptors (Lipinski definition) is 4. The molecule has 0 aliphatic heterocycles. The van der Waals surface area contributed by atoms with Crippen LogP contribution in [0.3, 0.4) is 0 Å². The van der Waals surface area contributed by atoms with Gasteiger partial charge in [-0.3, -0.25) is 4.98 Å². The maximum Gasteiger partial charge on any atom is 0.127 e. The molecular weight excluding hydrogens is 328 g/mol. The SMILES string of the molecule is C(=C\c1ccccc1OCc1cccnc1)/c1nc2ccccc2s1. The molecule has 3 nitrogen and oxygen atoms in total. The van der Waals surface area contributed by atoms with Gasteiger partial charge < -0.3 is 4.74 Å². The molecule has 0 atom stereocenters. The lowest BCUT2D eigenvalue weighted by Gasteiger charge is -2.08.